The summed E-state index contributed by atoms with van der Waals surface area (Å²) in [6.07, 6.45) is -1.06. The largest absolute Gasteiger partial charge is 0.487 e. The molecule has 0 amide bonds. The van der Waals surface area contributed by atoms with Gasteiger partial charge in [0.05, 0.1) is 12.2 Å². The number of aliphatic hydroxyl groups excluding tert-OH is 2. The van der Waals surface area contributed by atoms with Crippen LogP contribution in [0.1, 0.15) is 13.8 Å². The van der Waals surface area contributed by atoms with Crippen molar-refractivity contribution in [2.45, 2.75) is 31.7 Å². The highest BCUT2D eigenvalue weighted by molar-refractivity contribution is 5.89. The Kier molecular flexibility index (Phi) is 5.55. The van der Waals surface area contributed by atoms with Crippen molar-refractivity contribution in [1.29, 1.82) is 0 Å². The van der Waals surface area contributed by atoms with E-state index in [1.165, 1.54) is 19.9 Å². The standard InChI is InChI=1S/C13H20O7/c1-4-5-18-11-10(19-7-13(2,3)17)9(8(15)6-14)20-12(11)16/h4,8-9,14-15,17H,1,5-7H2,2-3H3/t8-,9+/m0/s1. The molecule has 0 spiro atoms. The molecule has 0 unspecified atom stereocenters. The molecule has 7 nitrogen and oxygen atoms in total. The van der Waals surface area contributed by atoms with Gasteiger partial charge in [-0.3, -0.25) is 0 Å². The van der Waals surface area contributed by atoms with E-state index in [2.05, 4.69) is 6.58 Å². The molecule has 1 heterocycles. The molecule has 0 aliphatic carbocycles. The molecule has 0 bridgehead atoms. The van der Waals surface area contributed by atoms with Gasteiger partial charge in [-0.25, -0.2) is 4.79 Å². The number of aliphatic hydroxyl groups is 3. The summed E-state index contributed by atoms with van der Waals surface area (Å²) in [6, 6.07) is 0. The lowest BCUT2D eigenvalue weighted by atomic mass is 10.1. The summed E-state index contributed by atoms with van der Waals surface area (Å²) < 4.78 is 15.4. The second-order valence-electron chi connectivity index (χ2n) is 4.97. The monoisotopic (exact) mass is 288 g/mol. The second-order valence-corrected chi connectivity index (χ2v) is 4.97. The van der Waals surface area contributed by atoms with Crippen LogP contribution in [-0.4, -0.2) is 58.9 Å². The summed E-state index contributed by atoms with van der Waals surface area (Å²) in [4.78, 5) is 11.7. The lowest BCUT2D eigenvalue weighted by Gasteiger charge is -2.22. The number of carbonyl (C=O) groups excluding carboxylic acids is 1. The minimum absolute atomic E-state index is 0.0412. The Morgan fingerprint density at radius 2 is 2.15 bits per heavy atom. The molecule has 0 aromatic heterocycles. The predicted octanol–water partition coefficient (Wildman–Crippen LogP) is -0.533. The van der Waals surface area contributed by atoms with Crippen LogP contribution in [0.3, 0.4) is 0 Å². The molecule has 0 radical (unpaired) electrons. The van der Waals surface area contributed by atoms with Gasteiger partial charge in [-0.15, -0.1) is 0 Å². The van der Waals surface area contributed by atoms with Crippen LogP contribution >= 0.6 is 0 Å². The van der Waals surface area contributed by atoms with Crippen LogP contribution in [0.5, 0.6) is 0 Å². The van der Waals surface area contributed by atoms with Crippen LogP contribution in [0.4, 0.5) is 0 Å². The SMILES string of the molecule is C=CCOC1=C(OCC(C)(C)O)[C@@H]([C@@H](O)CO)OC1=O. The fraction of sp³-hybridized carbons (Fsp3) is 0.615. The van der Waals surface area contributed by atoms with Crippen LogP contribution in [0.15, 0.2) is 24.2 Å². The smallest absolute Gasteiger partial charge is 0.378 e. The van der Waals surface area contributed by atoms with Crippen LogP contribution in [0.2, 0.25) is 0 Å². The van der Waals surface area contributed by atoms with Gasteiger partial charge in [-0.1, -0.05) is 12.7 Å². The van der Waals surface area contributed by atoms with Gasteiger partial charge in [-0.05, 0) is 13.8 Å². The molecule has 0 aromatic carbocycles. The summed E-state index contributed by atoms with van der Waals surface area (Å²) in [6.45, 7) is 5.82. The minimum atomic E-state index is -1.33. The first-order valence-corrected chi connectivity index (χ1v) is 6.13. The molecule has 1 rings (SSSR count). The van der Waals surface area contributed by atoms with Gasteiger partial charge in [0.25, 0.3) is 0 Å². The molecule has 1 aliphatic rings. The van der Waals surface area contributed by atoms with Crippen molar-refractivity contribution >= 4 is 5.97 Å². The average molecular weight is 288 g/mol. The molecule has 3 N–H and O–H groups in total. The minimum Gasteiger partial charge on any atom is -0.487 e. The maximum atomic E-state index is 11.7. The first-order valence-electron chi connectivity index (χ1n) is 6.13. The van der Waals surface area contributed by atoms with Gasteiger partial charge in [0.1, 0.15) is 19.3 Å². The summed E-state index contributed by atoms with van der Waals surface area (Å²) in [5.41, 5.74) is -1.14. The number of cyclic esters (lactones) is 1. The van der Waals surface area contributed by atoms with E-state index in [9.17, 15) is 15.0 Å². The Hall–Kier alpha value is -1.57. The summed E-state index contributed by atoms with van der Waals surface area (Å²) in [7, 11) is 0. The lowest BCUT2D eigenvalue weighted by molar-refractivity contribution is -0.148. The summed E-state index contributed by atoms with van der Waals surface area (Å²) in [5, 5.41) is 28.2. The van der Waals surface area contributed by atoms with E-state index in [1.54, 1.807) is 0 Å². The molecular formula is C13H20O7. The maximum absolute atomic E-state index is 11.7. The number of ether oxygens (including phenoxy) is 3. The zero-order chi connectivity index (χ0) is 15.3. The fourth-order valence-electron chi connectivity index (χ4n) is 1.48. The number of esters is 1. The van der Waals surface area contributed by atoms with Gasteiger partial charge in [-0.2, -0.15) is 0 Å². The highest BCUT2D eigenvalue weighted by Crippen LogP contribution is 2.28. The number of rotatable bonds is 8. The Morgan fingerprint density at radius 1 is 1.50 bits per heavy atom. The zero-order valence-electron chi connectivity index (χ0n) is 11.5. The molecular weight excluding hydrogens is 268 g/mol. The predicted molar refractivity (Wildman–Crippen MR) is 68.4 cm³/mol. The van der Waals surface area contributed by atoms with Crippen molar-refractivity contribution in [3.05, 3.63) is 24.2 Å². The van der Waals surface area contributed by atoms with Crippen molar-refractivity contribution in [1.82, 2.24) is 0 Å². The van der Waals surface area contributed by atoms with Crippen molar-refractivity contribution in [3.8, 4) is 0 Å². The molecule has 0 saturated carbocycles. The van der Waals surface area contributed by atoms with Crippen molar-refractivity contribution < 1.29 is 34.3 Å². The second kappa shape index (κ2) is 6.74. The highest BCUT2D eigenvalue weighted by Gasteiger charge is 2.42. The molecule has 2 atom stereocenters. The Bertz CT molecular complexity index is 394. The first kappa shape index (κ1) is 16.5. The molecule has 114 valence electrons. The van der Waals surface area contributed by atoms with Gasteiger partial charge >= 0.3 is 5.97 Å². The maximum Gasteiger partial charge on any atom is 0.378 e. The highest BCUT2D eigenvalue weighted by atomic mass is 16.6. The number of hydrogen-bond acceptors (Lipinski definition) is 7. The van der Waals surface area contributed by atoms with Crippen molar-refractivity contribution in [3.63, 3.8) is 0 Å². The van der Waals surface area contributed by atoms with Crippen molar-refractivity contribution in [2.75, 3.05) is 19.8 Å². The molecule has 0 fully saturated rings. The Morgan fingerprint density at radius 3 is 2.65 bits per heavy atom. The van der Waals surface area contributed by atoms with E-state index in [1.807, 2.05) is 0 Å². The lowest BCUT2D eigenvalue weighted by Crippen LogP contribution is -2.34. The van der Waals surface area contributed by atoms with Crippen LogP contribution < -0.4 is 0 Å². The van der Waals surface area contributed by atoms with E-state index in [0.717, 1.165) is 0 Å². The quantitative estimate of drug-likeness (QED) is 0.407. The van der Waals surface area contributed by atoms with Gasteiger partial charge < -0.3 is 29.5 Å². The zero-order valence-corrected chi connectivity index (χ0v) is 11.5. The average Bonchev–Trinajstić information content (AvgIpc) is 2.68. The van der Waals surface area contributed by atoms with Crippen LogP contribution in [-0.2, 0) is 19.0 Å². The summed E-state index contributed by atoms with van der Waals surface area (Å²) >= 11 is 0. The Balaban J connectivity index is 2.95. The third-order valence-corrected chi connectivity index (χ3v) is 2.36. The van der Waals surface area contributed by atoms with E-state index < -0.39 is 30.4 Å². The van der Waals surface area contributed by atoms with Crippen LogP contribution in [0.25, 0.3) is 0 Å². The topological polar surface area (TPSA) is 105 Å². The normalized spacial score (nSPS) is 20.6. The third-order valence-electron chi connectivity index (χ3n) is 2.36. The van der Waals surface area contributed by atoms with E-state index in [0.29, 0.717) is 0 Å². The first-order chi connectivity index (χ1) is 9.30. The fourth-order valence-corrected chi connectivity index (χ4v) is 1.48. The van der Waals surface area contributed by atoms with E-state index in [-0.39, 0.29) is 24.7 Å². The molecule has 7 heteroatoms. The Labute approximate surface area is 117 Å². The van der Waals surface area contributed by atoms with Gasteiger partial charge in [0.15, 0.2) is 11.9 Å². The molecule has 1 aliphatic heterocycles. The van der Waals surface area contributed by atoms with Crippen molar-refractivity contribution in [2.24, 2.45) is 0 Å². The van der Waals surface area contributed by atoms with E-state index >= 15 is 0 Å². The molecule has 20 heavy (non-hydrogen) atoms. The number of hydrogen-bond donors (Lipinski definition) is 3. The number of carbonyl (C=O) groups is 1. The van der Waals surface area contributed by atoms with Gasteiger partial charge in [0, 0.05) is 0 Å². The van der Waals surface area contributed by atoms with E-state index in [4.69, 9.17) is 19.3 Å². The molecule has 0 aromatic rings. The van der Waals surface area contributed by atoms with Crippen LogP contribution in [0, 0.1) is 0 Å². The molecule has 0 saturated heterocycles. The third kappa shape index (κ3) is 4.22. The van der Waals surface area contributed by atoms with Gasteiger partial charge in [0.2, 0.25) is 5.76 Å². The summed E-state index contributed by atoms with van der Waals surface area (Å²) in [5.74, 6) is -1.03.